The van der Waals surface area contributed by atoms with Crippen LogP contribution in [0, 0.1) is 0 Å². The van der Waals surface area contributed by atoms with E-state index in [9.17, 15) is 0 Å². The van der Waals surface area contributed by atoms with Crippen LogP contribution in [0.5, 0.6) is 0 Å². The predicted octanol–water partition coefficient (Wildman–Crippen LogP) is 2.47. The van der Waals surface area contributed by atoms with Crippen LogP contribution in [0.15, 0.2) is 11.2 Å². The second kappa shape index (κ2) is 4.94. The third-order valence-electron chi connectivity index (χ3n) is 2.21. The van der Waals surface area contributed by atoms with Crippen molar-refractivity contribution in [3.8, 4) is 0 Å². The Morgan fingerprint density at radius 1 is 1.50 bits per heavy atom. The Morgan fingerprint density at radius 2 is 2.21 bits per heavy atom. The first kappa shape index (κ1) is 11.0. The summed E-state index contributed by atoms with van der Waals surface area (Å²) in [6, 6.07) is 0. The molecule has 0 amide bonds. The van der Waals surface area contributed by atoms with Gasteiger partial charge in [-0.25, -0.2) is 4.98 Å². The van der Waals surface area contributed by atoms with E-state index in [2.05, 4.69) is 35.3 Å². The van der Waals surface area contributed by atoms with Crippen LogP contribution in [0.1, 0.15) is 45.1 Å². The first-order chi connectivity index (χ1) is 6.70. The van der Waals surface area contributed by atoms with E-state index in [-0.39, 0.29) is 0 Å². The second-order valence-corrected chi connectivity index (χ2v) is 3.57. The highest BCUT2D eigenvalue weighted by Gasteiger charge is 2.09. The molecule has 0 N–H and O–H groups in total. The summed E-state index contributed by atoms with van der Waals surface area (Å²) in [5.74, 6) is 1.49. The molecule has 1 heterocycles. The zero-order valence-electron chi connectivity index (χ0n) is 9.49. The van der Waals surface area contributed by atoms with Crippen molar-refractivity contribution in [1.82, 2.24) is 9.55 Å². The summed E-state index contributed by atoms with van der Waals surface area (Å²) in [4.78, 5) is 8.57. The van der Waals surface area contributed by atoms with E-state index in [1.807, 2.05) is 19.3 Å². The van der Waals surface area contributed by atoms with Gasteiger partial charge in [-0.15, -0.1) is 0 Å². The molecule has 0 unspecified atom stereocenters. The van der Waals surface area contributed by atoms with E-state index in [1.165, 1.54) is 5.69 Å². The number of hydrogen-bond acceptors (Lipinski definition) is 2. The minimum Gasteiger partial charge on any atom is -0.327 e. The van der Waals surface area contributed by atoms with Crippen molar-refractivity contribution in [3.63, 3.8) is 0 Å². The fraction of sp³-hybridized carbons (Fsp3) is 0.636. The van der Waals surface area contributed by atoms with Gasteiger partial charge in [-0.3, -0.25) is 4.99 Å². The van der Waals surface area contributed by atoms with Crippen molar-refractivity contribution < 1.29 is 0 Å². The average Bonchev–Trinajstić information content (AvgIpc) is 2.57. The Balaban J connectivity index is 3.01. The largest absolute Gasteiger partial charge is 0.327 e. The zero-order chi connectivity index (χ0) is 10.6. The van der Waals surface area contributed by atoms with Crippen molar-refractivity contribution in [2.45, 2.75) is 40.2 Å². The van der Waals surface area contributed by atoms with Gasteiger partial charge in [0.1, 0.15) is 0 Å². The molecule has 0 radical (unpaired) electrons. The van der Waals surface area contributed by atoms with E-state index in [1.54, 1.807) is 0 Å². The SMILES string of the molecule is CCN=Cc1ncc(C(C)C)n1CC. The highest BCUT2D eigenvalue weighted by molar-refractivity contribution is 5.75. The second-order valence-electron chi connectivity index (χ2n) is 3.57. The molecular weight excluding hydrogens is 174 g/mol. The molecule has 3 nitrogen and oxygen atoms in total. The molecule has 0 aliphatic rings. The van der Waals surface area contributed by atoms with Gasteiger partial charge in [-0.1, -0.05) is 13.8 Å². The van der Waals surface area contributed by atoms with Crippen LogP contribution in [-0.4, -0.2) is 22.3 Å². The summed E-state index contributed by atoms with van der Waals surface area (Å²) in [7, 11) is 0. The van der Waals surface area contributed by atoms with E-state index < -0.39 is 0 Å². The van der Waals surface area contributed by atoms with Gasteiger partial charge in [-0.2, -0.15) is 0 Å². The van der Waals surface area contributed by atoms with E-state index >= 15 is 0 Å². The standard InChI is InChI=1S/C11H19N3/c1-5-12-8-11-13-7-10(9(3)4)14(11)6-2/h7-9H,5-6H2,1-4H3. The third-order valence-corrected chi connectivity index (χ3v) is 2.21. The number of hydrogen-bond donors (Lipinski definition) is 0. The number of aliphatic imine (C=N–C) groups is 1. The van der Waals surface area contributed by atoms with Gasteiger partial charge in [-0.05, 0) is 19.8 Å². The molecule has 0 atom stereocenters. The molecule has 1 aromatic rings. The fourth-order valence-electron chi connectivity index (χ4n) is 1.49. The summed E-state index contributed by atoms with van der Waals surface area (Å²) < 4.78 is 2.21. The first-order valence-corrected chi connectivity index (χ1v) is 5.25. The molecule has 0 aromatic carbocycles. The fourth-order valence-corrected chi connectivity index (χ4v) is 1.49. The van der Waals surface area contributed by atoms with Gasteiger partial charge in [0.05, 0.1) is 6.21 Å². The topological polar surface area (TPSA) is 30.2 Å². The third kappa shape index (κ3) is 2.22. The zero-order valence-corrected chi connectivity index (χ0v) is 9.49. The lowest BCUT2D eigenvalue weighted by atomic mass is 10.1. The minimum atomic E-state index is 0.520. The lowest BCUT2D eigenvalue weighted by molar-refractivity contribution is 0.668. The Labute approximate surface area is 85.9 Å². The lowest BCUT2D eigenvalue weighted by Crippen LogP contribution is -2.06. The molecule has 0 fully saturated rings. The Morgan fingerprint density at radius 3 is 2.71 bits per heavy atom. The first-order valence-electron chi connectivity index (χ1n) is 5.25. The molecule has 0 spiro atoms. The van der Waals surface area contributed by atoms with Gasteiger partial charge in [0.25, 0.3) is 0 Å². The number of nitrogens with zero attached hydrogens (tertiary/aromatic N) is 3. The molecule has 0 saturated heterocycles. The molecule has 1 aromatic heterocycles. The van der Waals surface area contributed by atoms with E-state index in [0.717, 1.165) is 18.9 Å². The van der Waals surface area contributed by atoms with E-state index in [4.69, 9.17) is 0 Å². The maximum atomic E-state index is 4.36. The minimum absolute atomic E-state index is 0.520. The molecule has 3 heteroatoms. The normalized spacial score (nSPS) is 11.8. The van der Waals surface area contributed by atoms with Gasteiger partial charge >= 0.3 is 0 Å². The van der Waals surface area contributed by atoms with Crippen molar-refractivity contribution >= 4 is 6.21 Å². The summed E-state index contributed by atoms with van der Waals surface area (Å²) in [5.41, 5.74) is 1.28. The molecule has 78 valence electrons. The van der Waals surface area contributed by atoms with Gasteiger partial charge in [0.15, 0.2) is 5.82 Å². The van der Waals surface area contributed by atoms with Crippen molar-refractivity contribution in [2.75, 3.05) is 6.54 Å². The molecule has 0 saturated carbocycles. The molecule has 1 rings (SSSR count). The molecule has 0 aliphatic carbocycles. The summed E-state index contributed by atoms with van der Waals surface area (Å²) >= 11 is 0. The van der Waals surface area contributed by atoms with Gasteiger partial charge in [0, 0.05) is 25.0 Å². The number of rotatable bonds is 4. The Bertz CT molecular complexity index is 310. The smallest absolute Gasteiger partial charge is 0.150 e. The monoisotopic (exact) mass is 193 g/mol. The van der Waals surface area contributed by atoms with E-state index in [0.29, 0.717) is 5.92 Å². The quantitative estimate of drug-likeness (QED) is 0.676. The lowest BCUT2D eigenvalue weighted by Gasteiger charge is -2.09. The van der Waals surface area contributed by atoms with Crippen molar-refractivity contribution in [1.29, 1.82) is 0 Å². The number of imidazole rings is 1. The maximum Gasteiger partial charge on any atom is 0.150 e. The Kier molecular flexibility index (Phi) is 3.86. The van der Waals surface area contributed by atoms with Crippen molar-refractivity contribution in [2.24, 2.45) is 4.99 Å². The van der Waals surface area contributed by atoms with Crippen LogP contribution in [0.4, 0.5) is 0 Å². The highest BCUT2D eigenvalue weighted by Crippen LogP contribution is 2.15. The van der Waals surface area contributed by atoms with Crippen LogP contribution >= 0.6 is 0 Å². The van der Waals surface area contributed by atoms with Crippen molar-refractivity contribution in [3.05, 3.63) is 17.7 Å². The molecule has 0 aliphatic heterocycles. The summed E-state index contributed by atoms with van der Waals surface area (Å²) in [6.45, 7) is 10.3. The van der Waals surface area contributed by atoms with Crippen LogP contribution in [0.2, 0.25) is 0 Å². The summed E-state index contributed by atoms with van der Waals surface area (Å²) in [6.07, 6.45) is 3.81. The van der Waals surface area contributed by atoms with Crippen LogP contribution in [0.25, 0.3) is 0 Å². The Hall–Kier alpha value is -1.12. The highest BCUT2D eigenvalue weighted by atomic mass is 15.1. The number of aromatic nitrogens is 2. The van der Waals surface area contributed by atoms with Gasteiger partial charge < -0.3 is 4.57 Å². The van der Waals surface area contributed by atoms with Crippen LogP contribution in [0.3, 0.4) is 0 Å². The van der Waals surface area contributed by atoms with Gasteiger partial charge in [0.2, 0.25) is 0 Å². The van der Waals surface area contributed by atoms with Crippen LogP contribution < -0.4 is 0 Å². The molecule has 14 heavy (non-hydrogen) atoms. The van der Waals surface area contributed by atoms with Crippen LogP contribution in [-0.2, 0) is 6.54 Å². The predicted molar refractivity (Wildman–Crippen MR) is 60.1 cm³/mol. The molecule has 0 bridgehead atoms. The summed E-state index contributed by atoms with van der Waals surface area (Å²) in [5, 5.41) is 0. The average molecular weight is 193 g/mol. The molecular formula is C11H19N3. The maximum absolute atomic E-state index is 4.36.